The Morgan fingerprint density at radius 3 is 1.23 bits per heavy atom. The van der Waals surface area contributed by atoms with Crippen molar-refractivity contribution in [2.45, 2.75) is 13.8 Å². The summed E-state index contributed by atoms with van der Waals surface area (Å²) in [4.78, 5) is 0. The zero-order chi connectivity index (χ0) is 17.9. The van der Waals surface area contributed by atoms with E-state index in [0.717, 1.165) is 0 Å². The third-order valence-electron chi connectivity index (χ3n) is 4.59. The van der Waals surface area contributed by atoms with Gasteiger partial charge < -0.3 is 0 Å². The average molecular weight is 338 g/mol. The standard InChI is InChI=1S/C24H22N2/c1-19-5-3-7-23(17-19)25-13-9-21(10-14-25)22-11-15-26(16-12-22)24-8-4-6-20(2)18-24/h3-18H,1-2H3/q+2. The lowest BCUT2D eigenvalue weighted by Gasteiger charge is -2.02. The zero-order valence-electron chi connectivity index (χ0n) is 15.1. The Morgan fingerprint density at radius 1 is 0.500 bits per heavy atom. The molecule has 0 bridgehead atoms. The first-order valence-electron chi connectivity index (χ1n) is 8.86. The first-order valence-corrected chi connectivity index (χ1v) is 8.86. The van der Waals surface area contributed by atoms with Crippen molar-refractivity contribution in [1.29, 1.82) is 0 Å². The van der Waals surface area contributed by atoms with Gasteiger partial charge >= 0.3 is 0 Å². The zero-order valence-corrected chi connectivity index (χ0v) is 15.1. The molecule has 0 amide bonds. The molecule has 126 valence electrons. The molecule has 2 heteroatoms. The Bertz CT molecular complexity index is 945. The largest absolute Gasteiger partial charge is 0.210 e. The monoisotopic (exact) mass is 338 g/mol. The lowest BCUT2D eigenvalue weighted by Crippen LogP contribution is -2.29. The van der Waals surface area contributed by atoms with Crippen molar-refractivity contribution in [3.8, 4) is 22.5 Å². The molecule has 0 saturated carbocycles. The third kappa shape index (κ3) is 3.40. The second kappa shape index (κ2) is 6.93. The maximum atomic E-state index is 2.19. The van der Waals surface area contributed by atoms with Crippen molar-refractivity contribution in [2.75, 3.05) is 0 Å². The van der Waals surface area contributed by atoms with E-state index in [1.165, 1.54) is 33.6 Å². The number of benzene rings is 2. The normalized spacial score (nSPS) is 10.7. The molecule has 0 spiro atoms. The van der Waals surface area contributed by atoms with Crippen LogP contribution in [0.2, 0.25) is 0 Å². The predicted molar refractivity (Wildman–Crippen MR) is 104 cm³/mol. The van der Waals surface area contributed by atoms with Crippen LogP contribution in [-0.4, -0.2) is 0 Å². The summed E-state index contributed by atoms with van der Waals surface area (Å²) in [6.07, 6.45) is 8.47. The highest BCUT2D eigenvalue weighted by atomic mass is 14.9. The van der Waals surface area contributed by atoms with Crippen LogP contribution >= 0.6 is 0 Å². The van der Waals surface area contributed by atoms with Gasteiger partial charge in [0.2, 0.25) is 11.4 Å². The maximum absolute atomic E-state index is 2.19. The van der Waals surface area contributed by atoms with Crippen LogP contribution in [0.15, 0.2) is 97.6 Å². The molecule has 2 aromatic heterocycles. The Kier molecular flexibility index (Phi) is 4.32. The van der Waals surface area contributed by atoms with E-state index in [1.807, 2.05) is 0 Å². The van der Waals surface area contributed by atoms with Crippen LogP contribution in [0.4, 0.5) is 0 Å². The van der Waals surface area contributed by atoms with Crippen LogP contribution in [0.1, 0.15) is 11.1 Å². The molecule has 4 aromatic rings. The molecule has 0 fully saturated rings. The van der Waals surface area contributed by atoms with Crippen molar-refractivity contribution in [2.24, 2.45) is 0 Å². The lowest BCUT2D eigenvalue weighted by atomic mass is 10.1. The summed E-state index contributed by atoms with van der Waals surface area (Å²) >= 11 is 0. The van der Waals surface area contributed by atoms with Crippen LogP contribution < -0.4 is 9.13 Å². The number of nitrogens with zero attached hydrogens (tertiary/aromatic N) is 2. The fraction of sp³-hybridized carbons (Fsp3) is 0.0833. The fourth-order valence-electron chi connectivity index (χ4n) is 3.16. The number of aromatic nitrogens is 2. The molecule has 0 aliphatic heterocycles. The summed E-state index contributed by atoms with van der Waals surface area (Å²) in [5, 5.41) is 0. The summed E-state index contributed by atoms with van der Waals surface area (Å²) in [6, 6.07) is 25.7. The van der Waals surface area contributed by atoms with Crippen LogP contribution in [0.25, 0.3) is 22.5 Å². The van der Waals surface area contributed by atoms with Gasteiger partial charge in [-0.2, -0.15) is 9.13 Å². The SMILES string of the molecule is Cc1cccc(-[n+]2ccc(-c3cc[n+](-c4cccc(C)c4)cc3)cc2)c1. The van der Waals surface area contributed by atoms with E-state index in [0.29, 0.717) is 0 Å². The second-order valence-electron chi connectivity index (χ2n) is 6.67. The molecule has 26 heavy (non-hydrogen) atoms. The van der Waals surface area contributed by atoms with Crippen molar-refractivity contribution < 1.29 is 9.13 Å². The van der Waals surface area contributed by atoms with Gasteiger partial charge in [-0.1, -0.05) is 24.3 Å². The Morgan fingerprint density at radius 2 is 0.885 bits per heavy atom. The quantitative estimate of drug-likeness (QED) is 0.485. The summed E-state index contributed by atoms with van der Waals surface area (Å²) < 4.78 is 4.29. The Labute approximate surface area is 154 Å². The van der Waals surface area contributed by atoms with E-state index in [2.05, 4.69) is 121 Å². The first-order chi connectivity index (χ1) is 12.7. The number of hydrogen-bond donors (Lipinski definition) is 0. The number of pyridine rings is 2. The minimum Gasteiger partial charge on any atom is -0.167 e. The lowest BCUT2D eigenvalue weighted by molar-refractivity contribution is -0.596. The van der Waals surface area contributed by atoms with Gasteiger partial charge in [-0.3, -0.25) is 0 Å². The van der Waals surface area contributed by atoms with Gasteiger partial charge in [0.25, 0.3) is 0 Å². The van der Waals surface area contributed by atoms with Gasteiger partial charge in [0.15, 0.2) is 24.8 Å². The van der Waals surface area contributed by atoms with Gasteiger partial charge in [0.05, 0.1) is 0 Å². The molecule has 0 N–H and O–H groups in total. The van der Waals surface area contributed by atoms with E-state index in [1.54, 1.807) is 0 Å². The molecule has 4 rings (SSSR count). The summed E-state index contributed by atoms with van der Waals surface area (Å²) in [7, 11) is 0. The van der Waals surface area contributed by atoms with Crippen LogP contribution in [0, 0.1) is 13.8 Å². The number of aryl methyl sites for hydroxylation is 2. The van der Waals surface area contributed by atoms with E-state index in [4.69, 9.17) is 0 Å². The van der Waals surface area contributed by atoms with E-state index in [-0.39, 0.29) is 0 Å². The Hall–Kier alpha value is -3.26. The van der Waals surface area contributed by atoms with Gasteiger partial charge in [-0.25, -0.2) is 0 Å². The fourth-order valence-corrected chi connectivity index (χ4v) is 3.16. The van der Waals surface area contributed by atoms with E-state index >= 15 is 0 Å². The van der Waals surface area contributed by atoms with E-state index < -0.39 is 0 Å². The topological polar surface area (TPSA) is 7.76 Å². The van der Waals surface area contributed by atoms with Crippen molar-refractivity contribution in [3.63, 3.8) is 0 Å². The second-order valence-corrected chi connectivity index (χ2v) is 6.67. The maximum Gasteiger partial charge on any atom is 0.210 e. The van der Waals surface area contributed by atoms with Gasteiger partial charge in [-0.05, 0) is 36.1 Å². The predicted octanol–water partition coefficient (Wildman–Crippen LogP) is 4.52. The molecule has 0 radical (unpaired) electrons. The Balaban J connectivity index is 1.60. The highest BCUT2D eigenvalue weighted by Crippen LogP contribution is 2.17. The molecule has 2 heterocycles. The van der Waals surface area contributed by atoms with Crippen LogP contribution in [0.5, 0.6) is 0 Å². The highest BCUT2D eigenvalue weighted by Gasteiger charge is 2.09. The summed E-state index contributed by atoms with van der Waals surface area (Å²) in [6.45, 7) is 4.23. The third-order valence-corrected chi connectivity index (χ3v) is 4.59. The molecule has 0 aliphatic carbocycles. The van der Waals surface area contributed by atoms with Crippen molar-refractivity contribution in [1.82, 2.24) is 0 Å². The molecule has 2 nitrogen and oxygen atoms in total. The summed E-state index contributed by atoms with van der Waals surface area (Å²) in [5.41, 5.74) is 7.32. The van der Waals surface area contributed by atoms with E-state index in [9.17, 15) is 0 Å². The van der Waals surface area contributed by atoms with Gasteiger partial charge in [-0.15, -0.1) is 0 Å². The van der Waals surface area contributed by atoms with Crippen molar-refractivity contribution >= 4 is 0 Å². The average Bonchev–Trinajstić information content (AvgIpc) is 2.68. The van der Waals surface area contributed by atoms with Crippen LogP contribution in [-0.2, 0) is 0 Å². The molecule has 0 aliphatic rings. The smallest absolute Gasteiger partial charge is 0.167 e. The molecule has 2 aromatic carbocycles. The molecular weight excluding hydrogens is 316 g/mol. The van der Waals surface area contributed by atoms with Gasteiger partial charge in [0.1, 0.15) is 0 Å². The highest BCUT2D eigenvalue weighted by molar-refractivity contribution is 5.61. The van der Waals surface area contributed by atoms with Gasteiger partial charge in [0, 0.05) is 48.5 Å². The minimum atomic E-state index is 1.18. The van der Waals surface area contributed by atoms with Crippen LogP contribution in [0.3, 0.4) is 0 Å². The number of hydrogen-bond acceptors (Lipinski definition) is 0. The first kappa shape index (κ1) is 16.2. The molecule has 0 unspecified atom stereocenters. The molecule has 0 atom stereocenters. The molecule has 0 saturated heterocycles. The van der Waals surface area contributed by atoms with Crippen molar-refractivity contribution in [3.05, 3.63) is 109 Å². The molecular formula is C24H22N2+2. The summed E-state index contributed by atoms with van der Waals surface area (Å²) in [5.74, 6) is 0. The number of rotatable bonds is 3. The minimum absolute atomic E-state index is 1.18.